The highest BCUT2D eigenvalue weighted by molar-refractivity contribution is 7.98. The fourth-order valence-corrected chi connectivity index (χ4v) is 4.43. The number of aromatic nitrogens is 2. The molecule has 1 aliphatic carbocycles. The largest absolute Gasteiger partial charge is 0.347 e. The van der Waals surface area contributed by atoms with Crippen LogP contribution < -0.4 is 4.72 Å². The van der Waals surface area contributed by atoms with Crippen molar-refractivity contribution >= 4 is 22.9 Å². The van der Waals surface area contributed by atoms with Crippen molar-refractivity contribution in [2.24, 2.45) is 5.41 Å². The first-order valence-corrected chi connectivity index (χ1v) is 11.0. The van der Waals surface area contributed by atoms with Gasteiger partial charge in [-0.3, -0.25) is 9.71 Å². The number of hydrogen-bond acceptors (Lipinski definition) is 3. The van der Waals surface area contributed by atoms with Crippen LogP contribution in [-0.2, 0) is 6.54 Å². The summed E-state index contributed by atoms with van der Waals surface area (Å²) in [5.41, 5.74) is 2.26. The lowest BCUT2D eigenvalue weighted by atomic mass is 9.97. The monoisotopic (exact) mass is 415 g/mol. The zero-order valence-electron chi connectivity index (χ0n) is 17.3. The van der Waals surface area contributed by atoms with E-state index in [2.05, 4.69) is 48.2 Å². The van der Waals surface area contributed by atoms with Crippen LogP contribution in [-0.4, -0.2) is 14.8 Å². The third kappa shape index (κ3) is 4.48. The maximum atomic E-state index is 15.1. The fourth-order valence-electron chi connectivity index (χ4n) is 3.54. The van der Waals surface area contributed by atoms with Gasteiger partial charge in [0.1, 0.15) is 17.3 Å². The van der Waals surface area contributed by atoms with Gasteiger partial charge in [0.05, 0.1) is 0 Å². The topological polar surface area (TPSA) is 29.9 Å². The van der Waals surface area contributed by atoms with Gasteiger partial charge in [0, 0.05) is 46.7 Å². The molecule has 3 aromatic rings. The van der Waals surface area contributed by atoms with Gasteiger partial charge in [0.25, 0.3) is 0 Å². The summed E-state index contributed by atoms with van der Waals surface area (Å²) in [6, 6.07) is 6.19. The van der Waals surface area contributed by atoms with Crippen molar-refractivity contribution in [1.82, 2.24) is 14.3 Å². The molecule has 0 spiro atoms. The third-order valence-electron chi connectivity index (χ3n) is 5.06. The average Bonchev–Trinajstić information content (AvgIpc) is 3.42. The van der Waals surface area contributed by atoms with Crippen LogP contribution in [0.1, 0.15) is 52.1 Å². The second kappa shape index (κ2) is 7.73. The molecule has 0 saturated heterocycles. The van der Waals surface area contributed by atoms with Gasteiger partial charge in [-0.05, 0) is 55.0 Å². The first-order chi connectivity index (χ1) is 13.7. The Hall–Kier alpha value is -1.92. The second-order valence-electron chi connectivity index (χ2n) is 9.11. The fraction of sp³-hybridized carbons (Fsp3) is 0.435. The van der Waals surface area contributed by atoms with E-state index in [-0.39, 0.29) is 22.7 Å². The van der Waals surface area contributed by atoms with Gasteiger partial charge < -0.3 is 4.57 Å². The molecule has 1 fully saturated rings. The van der Waals surface area contributed by atoms with Crippen LogP contribution in [0, 0.1) is 17.0 Å². The summed E-state index contributed by atoms with van der Waals surface area (Å²) in [4.78, 5) is 4.08. The quantitative estimate of drug-likeness (QED) is 0.467. The van der Waals surface area contributed by atoms with Crippen LogP contribution >= 0.6 is 11.9 Å². The molecule has 1 saturated carbocycles. The van der Waals surface area contributed by atoms with Gasteiger partial charge in [0.2, 0.25) is 0 Å². The Morgan fingerprint density at radius 1 is 1.24 bits per heavy atom. The Morgan fingerprint density at radius 3 is 2.66 bits per heavy atom. The molecule has 0 bridgehead atoms. The molecule has 1 aromatic carbocycles. The first-order valence-electron chi connectivity index (χ1n) is 10.1. The van der Waals surface area contributed by atoms with Crippen molar-refractivity contribution < 1.29 is 8.78 Å². The summed E-state index contributed by atoms with van der Waals surface area (Å²) >= 11 is 1.77. The molecule has 1 atom stereocenters. The molecule has 2 heterocycles. The van der Waals surface area contributed by atoms with Gasteiger partial charge in [-0.25, -0.2) is 8.78 Å². The minimum Gasteiger partial charge on any atom is -0.347 e. The molecular formula is C23H27F2N3S. The Kier molecular flexibility index (Phi) is 5.42. The predicted molar refractivity (Wildman–Crippen MR) is 117 cm³/mol. The highest BCUT2D eigenvalue weighted by Crippen LogP contribution is 2.37. The Bertz CT molecular complexity index is 1030. The van der Waals surface area contributed by atoms with Crippen molar-refractivity contribution in [1.29, 1.82) is 0 Å². The summed E-state index contributed by atoms with van der Waals surface area (Å²) in [7, 11) is 0. The molecular weight excluding hydrogens is 388 g/mol. The summed E-state index contributed by atoms with van der Waals surface area (Å²) in [5, 5.41) is 1.55. The standard InChI is InChI=1S/C23H27F2N3S/c1-14(27-29-15-7-8-15)18-12-28(13-23(2,3)4)21-11-17(20(25)10-16(18)21)22-19(24)6-5-9-26-22/h5-6,9-12,14-15,27H,7-8,13H2,1-4H3. The van der Waals surface area contributed by atoms with Crippen LogP contribution in [0.2, 0.25) is 0 Å². The molecule has 1 unspecified atom stereocenters. The van der Waals surface area contributed by atoms with E-state index in [0.29, 0.717) is 5.25 Å². The molecule has 4 rings (SSSR count). The van der Waals surface area contributed by atoms with E-state index in [1.54, 1.807) is 18.0 Å². The Labute approximate surface area is 175 Å². The molecule has 0 radical (unpaired) electrons. The van der Waals surface area contributed by atoms with E-state index >= 15 is 4.39 Å². The molecule has 3 nitrogen and oxygen atoms in total. The van der Waals surface area contributed by atoms with E-state index in [1.165, 1.54) is 37.2 Å². The number of hydrogen-bond donors (Lipinski definition) is 1. The van der Waals surface area contributed by atoms with Crippen molar-refractivity contribution in [3.8, 4) is 11.3 Å². The highest BCUT2D eigenvalue weighted by Gasteiger charge is 2.25. The van der Waals surface area contributed by atoms with Gasteiger partial charge >= 0.3 is 0 Å². The lowest BCUT2D eigenvalue weighted by molar-refractivity contribution is 0.349. The minimum atomic E-state index is -0.518. The number of rotatable bonds is 6. The van der Waals surface area contributed by atoms with E-state index in [9.17, 15) is 4.39 Å². The third-order valence-corrected chi connectivity index (χ3v) is 6.36. The van der Waals surface area contributed by atoms with Crippen LogP contribution in [0.5, 0.6) is 0 Å². The second-order valence-corrected chi connectivity index (χ2v) is 10.3. The number of benzene rings is 1. The lowest BCUT2D eigenvalue weighted by Gasteiger charge is -2.20. The van der Waals surface area contributed by atoms with Gasteiger partial charge in [-0.2, -0.15) is 0 Å². The van der Waals surface area contributed by atoms with Crippen molar-refractivity contribution in [3.05, 3.63) is 53.9 Å². The normalized spacial score (nSPS) is 15.8. The molecule has 1 N–H and O–H groups in total. The van der Waals surface area contributed by atoms with Crippen LogP contribution in [0.3, 0.4) is 0 Å². The summed E-state index contributed by atoms with van der Waals surface area (Å²) < 4.78 is 35.0. The molecule has 154 valence electrons. The SMILES string of the molecule is CC(NSC1CC1)c1cn(CC(C)(C)C)c2cc(-c3ncccc3F)c(F)cc12. The zero-order chi connectivity index (χ0) is 20.8. The summed E-state index contributed by atoms with van der Waals surface area (Å²) in [6.45, 7) is 9.40. The molecule has 29 heavy (non-hydrogen) atoms. The van der Waals surface area contributed by atoms with E-state index < -0.39 is 11.6 Å². The van der Waals surface area contributed by atoms with Crippen molar-refractivity contribution in [3.63, 3.8) is 0 Å². The van der Waals surface area contributed by atoms with Crippen molar-refractivity contribution in [2.75, 3.05) is 0 Å². The minimum absolute atomic E-state index is 0.0485. The van der Waals surface area contributed by atoms with Crippen LogP contribution in [0.15, 0.2) is 36.7 Å². The zero-order valence-corrected chi connectivity index (χ0v) is 18.1. The number of fused-ring (bicyclic) bond motifs is 1. The molecule has 1 aliphatic rings. The van der Waals surface area contributed by atoms with E-state index in [4.69, 9.17) is 0 Å². The molecule has 6 heteroatoms. The average molecular weight is 416 g/mol. The van der Waals surface area contributed by atoms with Gasteiger partial charge in [-0.15, -0.1) is 0 Å². The number of nitrogens with one attached hydrogen (secondary N) is 1. The number of halogens is 2. The summed E-state index contributed by atoms with van der Waals surface area (Å²) in [5.74, 6) is -0.970. The molecule has 0 amide bonds. The Balaban J connectivity index is 1.82. The summed E-state index contributed by atoms with van der Waals surface area (Å²) in [6.07, 6.45) is 6.11. The van der Waals surface area contributed by atoms with Crippen LogP contribution in [0.4, 0.5) is 8.78 Å². The highest BCUT2D eigenvalue weighted by atomic mass is 32.2. The number of pyridine rings is 1. The maximum absolute atomic E-state index is 15.1. The van der Waals surface area contributed by atoms with Crippen molar-refractivity contribution in [2.45, 2.75) is 58.4 Å². The van der Waals surface area contributed by atoms with E-state index in [0.717, 1.165) is 23.0 Å². The molecule has 0 aliphatic heterocycles. The van der Waals surface area contributed by atoms with Gasteiger partial charge in [0.15, 0.2) is 0 Å². The smallest absolute Gasteiger partial charge is 0.149 e. The number of nitrogens with zero attached hydrogens (tertiary/aromatic N) is 2. The molecule has 2 aromatic heterocycles. The predicted octanol–water partition coefficient (Wildman–Crippen LogP) is 6.49. The van der Waals surface area contributed by atoms with E-state index in [1.807, 2.05) is 0 Å². The maximum Gasteiger partial charge on any atom is 0.149 e. The van der Waals surface area contributed by atoms with Crippen LogP contribution in [0.25, 0.3) is 22.2 Å². The Morgan fingerprint density at radius 2 is 2.00 bits per heavy atom. The van der Waals surface area contributed by atoms with Gasteiger partial charge in [-0.1, -0.05) is 32.7 Å². The first kappa shape index (κ1) is 20.4. The lowest BCUT2D eigenvalue weighted by Crippen LogP contribution is -2.15.